The van der Waals surface area contributed by atoms with E-state index in [1.807, 2.05) is 0 Å². The van der Waals surface area contributed by atoms with Gasteiger partial charge in [-0.2, -0.15) is 0 Å². The van der Waals surface area contributed by atoms with E-state index >= 15 is 0 Å². The van der Waals surface area contributed by atoms with Crippen LogP contribution in [0.2, 0.25) is 0 Å². The summed E-state index contributed by atoms with van der Waals surface area (Å²) >= 11 is 1.11. The summed E-state index contributed by atoms with van der Waals surface area (Å²) in [4.78, 5) is 28.5. The molecule has 0 saturated heterocycles. The van der Waals surface area contributed by atoms with Gasteiger partial charge >= 0.3 is 11.2 Å². The summed E-state index contributed by atoms with van der Waals surface area (Å²) in [5.74, 6) is 0. The van der Waals surface area contributed by atoms with Gasteiger partial charge in [-0.25, -0.2) is 4.98 Å². The van der Waals surface area contributed by atoms with Crippen LogP contribution in [0.3, 0.4) is 0 Å². The van der Waals surface area contributed by atoms with Crippen LogP contribution < -0.4 is 5.56 Å². The number of imidazole rings is 1. The van der Waals surface area contributed by atoms with Crippen LogP contribution in [0.1, 0.15) is 5.56 Å². The van der Waals surface area contributed by atoms with Gasteiger partial charge in [-0.15, -0.1) is 0 Å². The second kappa shape index (κ2) is 4.65. The summed E-state index contributed by atoms with van der Waals surface area (Å²) < 4.78 is 1.73. The van der Waals surface area contributed by atoms with Crippen molar-refractivity contribution in [3.63, 3.8) is 0 Å². The molecule has 0 bridgehead atoms. The van der Waals surface area contributed by atoms with Crippen LogP contribution >= 0.6 is 11.8 Å². The Labute approximate surface area is 106 Å². The maximum atomic E-state index is 11.5. The molecule has 0 aliphatic heterocycles. The van der Waals surface area contributed by atoms with Crippen LogP contribution in [0, 0.1) is 17.0 Å². The average Bonchev–Trinajstić information content (AvgIpc) is 2.69. The number of aryl methyl sites for hydroxylation is 2. The maximum Gasteiger partial charge on any atom is 0.348 e. The Morgan fingerprint density at radius 2 is 2.28 bits per heavy atom. The highest BCUT2D eigenvalue weighted by atomic mass is 32.2. The van der Waals surface area contributed by atoms with E-state index in [2.05, 4.69) is 9.97 Å². The molecule has 0 atom stereocenters. The Hall–Kier alpha value is -2.09. The lowest BCUT2D eigenvalue weighted by Gasteiger charge is -2.05. The highest BCUT2D eigenvalue weighted by molar-refractivity contribution is 7.99. The second-order valence-electron chi connectivity index (χ2n) is 3.66. The molecule has 0 amide bonds. The third kappa shape index (κ3) is 2.14. The highest BCUT2D eigenvalue weighted by Gasteiger charge is 2.23. The first kappa shape index (κ1) is 12.4. The summed E-state index contributed by atoms with van der Waals surface area (Å²) in [6, 6.07) is 0. The first-order valence-electron chi connectivity index (χ1n) is 5.02. The minimum Gasteiger partial charge on any atom is -0.329 e. The van der Waals surface area contributed by atoms with E-state index in [0.29, 0.717) is 15.6 Å². The molecule has 0 radical (unpaired) electrons. The van der Waals surface area contributed by atoms with Gasteiger partial charge < -0.3 is 9.55 Å². The Kier molecular flexibility index (Phi) is 3.19. The van der Waals surface area contributed by atoms with Crippen molar-refractivity contribution in [2.24, 2.45) is 7.05 Å². The number of pyridine rings is 1. The van der Waals surface area contributed by atoms with Crippen molar-refractivity contribution in [1.82, 2.24) is 14.5 Å². The Morgan fingerprint density at radius 1 is 1.56 bits per heavy atom. The molecular formula is C10H10N4O3S. The third-order valence-corrected chi connectivity index (χ3v) is 3.66. The van der Waals surface area contributed by atoms with E-state index in [9.17, 15) is 14.9 Å². The molecule has 1 N–H and O–H groups in total. The highest BCUT2D eigenvalue weighted by Crippen LogP contribution is 2.33. The van der Waals surface area contributed by atoms with Crippen molar-refractivity contribution in [1.29, 1.82) is 0 Å². The number of nitro groups is 1. The molecule has 7 nitrogen and oxygen atoms in total. The molecule has 0 spiro atoms. The topological polar surface area (TPSA) is 93.8 Å². The molecule has 0 saturated carbocycles. The molecule has 0 aliphatic rings. The third-order valence-electron chi connectivity index (χ3n) is 2.36. The van der Waals surface area contributed by atoms with Gasteiger partial charge in [0.05, 0.1) is 4.92 Å². The van der Waals surface area contributed by atoms with Gasteiger partial charge in [0.1, 0.15) is 4.90 Å². The summed E-state index contributed by atoms with van der Waals surface area (Å²) in [5.41, 5.74) is -0.514. The molecule has 94 valence electrons. The fraction of sp³-hybridized carbons (Fsp3) is 0.200. The van der Waals surface area contributed by atoms with E-state index in [1.54, 1.807) is 30.9 Å². The molecule has 0 fully saturated rings. The fourth-order valence-electron chi connectivity index (χ4n) is 1.43. The molecule has 18 heavy (non-hydrogen) atoms. The molecule has 2 aromatic heterocycles. The van der Waals surface area contributed by atoms with Gasteiger partial charge in [0.25, 0.3) is 0 Å². The van der Waals surface area contributed by atoms with Gasteiger partial charge in [0, 0.05) is 25.6 Å². The lowest BCUT2D eigenvalue weighted by atomic mass is 10.3. The van der Waals surface area contributed by atoms with Crippen LogP contribution in [0.25, 0.3) is 0 Å². The Bertz CT molecular complexity index is 661. The minimum atomic E-state index is -0.706. The summed E-state index contributed by atoms with van der Waals surface area (Å²) in [6.07, 6.45) is 4.79. The average molecular weight is 266 g/mol. The van der Waals surface area contributed by atoms with Gasteiger partial charge in [-0.3, -0.25) is 14.9 Å². The quantitative estimate of drug-likeness (QED) is 0.670. The predicted octanol–water partition coefficient (Wildman–Crippen LogP) is 1.48. The van der Waals surface area contributed by atoms with E-state index in [0.717, 1.165) is 11.8 Å². The molecule has 8 heteroatoms. The zero-order chi connectivity index (χ0) is 13.3. The standard InChI is InChI=1S/C10H10N4O3S/c1-6-5-12-9(15)7(14(16)17)8(6)18-10-11-3-4-13(10)2/h3-5H,1-2H3,(H,12,15). The number of aromatic nitrogens is 3. The van der Waals surface area contributed by atoms with Crippen LogP contribution in [-0.4, -0.2) is 19.5 Å². The largest absolute Gasteiger partial charge is 0.348 e. The number of aromatic amines is 1. The molecule has 2 aromatic rings. The van der Waals surface area contributed by atoms with Crippen molar-refractivity contribution in [3.05, 3.63) is 44.6 Å². The van der Waals surface area contributed by atoms with Crippen LogP contribution in [0.4, 0.5) is 5.69 Å². The number of hydrogen-bond acceptors (Lipinski definition) is 5. The lowest BCUT2D eigenvalue weighted by molar-refractivity contribution is -0.389. The predicted molar refractivity (Wildman–Crippen MR) is 65.8 cm³/mol. The maximum absolute atomic E-state index is 11.5. The summed E-state index contributed by atoms with van der Waals surface area (Å²) in [5, 5.41) is 11.5. The van der Waals surface area contributed by atoms with Gasteiger partial charge in [-0.1, -0.05) is 0 Å². The number of rotatable bonds is 3. The van der Waals surface area contributed by atoms with Crippen molar-refractivity contribution >= 4 is 17.4 Å². The monoisotopic (exact) mass is 266 g/mol. The number of nitrogens with one attached hydrogen (secondary N) is 1. The molecule has 0 unspecified atom stereocenters. The van der Waals surface area contributed by atoms with E-state index in [4.69, 9.17) is 0 Å². The zero-order valence-electron chi connectivity index (χ0n) is 9.71. The Morgan fingerprint density at radius 3 is 2.83 bits per heavy atom. The number of nitrogens with zero attached hydrogens (tertiary/aromatic N) is 3. The van der Waals surface area contributed by atoms with Gasteiger partial charge in [0.15, 0.2) is 5.16 Å². The van der Waals surface area contributed by atoms with Gasteiger partial charge in [-0.05, 0) is 24.2 Å². The summed E-state index contributed by atoms with van der Waals surface area (Å²) in [6.45, 7) is 1.70. The summed E-state index contributed by atoms with van der Waals surface area (Å²) in [7, 11) is 1.78. The van der Waals surface area contributed by atoms with Crippen molar-refractivity contribution in [3.8, 4) is 0 Å². The van der Waals surface area contributed by atoms with Crippen LogP contribution in [0.15, 0.2) is 33.4 Å². The van der Waals surface area contributed by atoms with Crippen molar-refractivity contribution in [2.75, 3.05) is 0 Å². The lowest BCUT2D eigenvalue weighted by Crippen LogP contribution is -2.13. The minimum absolute atomic E-state index is 0.318. The zero-order valence-corrected chi connectivity index (χ0v) is 10.5. The first-order valence-corrected chi connectivity index (χ1v) is 5.84. The Balaban J connectivity index is 2.57. The van der Waals surface area contributed by atoms with E-state index in [-0.39, 0.29) is 0 Å². The van der Waals surface area contributed by atoms with Crippen molar-refractivity contribution in [2.45, 2.75) is 17.0 Å². The normalized spacial score (nSPS) is 10.6. The molecule has 0 aromatic carbocycles. The molecule has 0 aliphatic carbocycles. The molecule has 2 rings (SSSR count). The van der Waals surface area contributed by atoms with E-state index in [1.165, 1.54) is 6.20 Å². The number of H-pyrrole nitrogens is 1. The van der Waals surface area contributed by atoms with Crippen molar-refractivity contribution < 1.29 is 4.92 Å². The first-order chi connectivity index (χ1) is 8.50. The fourth-order valence-corrected chi connectivity index (χ4v) is 2.42. The molecule has 2 heterocycles. The van der Waals surface area contributed by atoms with Crippen LogP contribution in [0.5, 0.6) is 0 Å². The SMILES string of the molecule is Cc1c[nH]c(=O)c([N+](=O)[O-])c1Sc1nccn1C. The number of hydrogen-bond donors (Lipinski definition) is 1. The van der Waals surface area contributed by atoms with E-state index < -0.39 is 16.2 Å². The molecular weight excluding hydrogens is 256 g/mol. The van der Waals surface area contributed by atoms with Gasteiger partial charge in [0.2, 0.25) is 0 Å². The van der Waals surface area contributed by atoms with Crippen LogP contribution in [-0.2, 0) is 7.05 Å². The second-order valence-corrected chi connectivity index (χ2v) is 4.64. The smallest absolute Gasteiger partial charge is 0.329 e.